The molecule has 11 aromatic carbocycles. The summed E-state index contributed by atoms with van der Waals surface area (Å²) in [4.78, 5) is 2.38. The predicted octanol–water partition coefficient (Wildman–Crippen LogP) is 19.3. The molecule has 0 atom stereocenters. The lowest BCUT2D eigenvalue weighted by molar-refractivity contribution is 0.660. The van der Waals surface area contributed by atoms with Gasteiger partial charge < -0.3 is 4.90 Å². The summed E-state index contributed by atoms with van der Waals surface area (Å²) in [5.41, 5.74) is 20.9. The highest BCUT2D eigenvalue weighted by atomic mass is 32.1. The van der Waals surface area contributed by atoms with Crippen LogP contribution in [0.2, 0.25) is 0 Å². The molecule has 0 aliphatic heterocycles. The van der Waals surface area contributed by atoms with Crippen LogP contribution in [-0.2, 0) is 5.41 Å². The second-order valence-electron chi connectivity index (χ2n) is 18.9. The van der Waals surface area contributed by atoms with E-state index in [1.165, 1.54) is 109 Å². The highest BCUT2D eigenvalue weighted by Gasteiger charge is 2.35. The topological polar surface area (TPSA) is 3.24 Å². The number of hydrogen-bond acceptors (Lipinski definition) is 2. The molecule has 0 fully saturated rings. The predicted molar refractivity (Wildman–Crippen MR) is 296 cm³/mol. The summed E-state index contributed by atoms with van der Waals surface area (Å²) in [6, 6.07) is 91.8. The molecule has 0 saturated carbocycles. The molecule has 0 bridgehead atoms. The van der Waals surface area contributed by atoms with Gasteiger partial charge in [0, 0.05) is 42.6 Å². The third-order valence-corrected chi connectivity index (χ3v) is 15.6. The van der Waals surface area contributed by atoms with E-state index in [4.69, 9.17) is 0 Å². The van der Waals surface area contributed by atoms with Crippen LogP contribution in [0.4, 0.5) is 17.1 Å². The summed E-state index contributed by atoms with van der Waals surface area (Å²) >= 11 is 1.87. The smallest absolute Gasteiger partial charge is 0.0462 e. The van der Waals surface area contributed by atoms with E-state index in [0.717, 1.165) is 17.1 Å². The molecule has 1 nitrogen and oxygen atoms in total. The van der Waals surface area contributed by atoms with E-state index < -0.39 is 0 Å². The van der Waals surface area contributed by atoms with Crippen LogP contribution in [0.3, 0.4) is 0 Å². The molecule has 0 N–H and O–H groups in total. The maximum atomic E-state index is 2.41. The number of rotatable bonds is 8. The van der Waals surface area contributed by atoms with E-state index in [1.807, 2.05) is 11.3 Å². The third kappa shape index (κ3) is 7.15. The van der Waals surface area contributed by atoms with E-state index in [1.54, 1.807) is 0 Å². The Hall–Kier alpha value is -8.30. The van der Waals surface area contributed by atoms with Gasteiger partial charge in [0.1, 0.15) is 0 Å². The fourth-order valence-electron chi connectivity index (χ4n) is 10.8. The molecule has 0 saturated heterocycles. The molecule has 0 amide bonds. The molecule has 0 radical (unpaired) electrons. The van der Waals surface area contributed by atoms with Crippen LogP contribution in [0.15, 0.2) is 249 Å². The van der Waals surface area contributed by atoms with Gasteiger partial charge in [0.15, 0.2) is 0 Å². The van der Waals surface area contributed by atoms with E-state index in [9.17, 15) is 0 Å². The Morgan fingerprint density at radius 2 is 0.768 bits per heavy atom. The molecule has 13 rings (SSSR count). The minimum atomic E-state index is -0.0497. The Morgan fingerprint density at radius 3 is 1.48 bits per heavy atom. The first-order valence-electron chi connectivity index (χ1n) is 23.9. The maximum Gasteiger partial charge on any atom is 0.0462 e. The number of thiophene rings is 1. The number of fused-ring (bicyclic) bond motifs is 7. The van der Waals surface area contributed by atoms with Crippen molar-refractivity contribution in [3.8, 4) is 66.8 Å². The van der Waals surface area contributed by atoms with Crippen molar-refractivity contribution in [2.75, 3.05) is 4.90 Å². The highest BCUT2D eigenvalue weighted by Crippen LogP contribution is 2.50. The molecule has 12 aromatic rings. The van der Waals surface area contributed by atoms with Crippen LogP contribution in [0.25, 0.3) is 97.7 Å². The second kappa shape index (κ2) is 16.5. The minimum Gasteiger partial charge on any atom is -0.311 e. The van der Waals surface area contributed by atoms with Gasteiger partial charge >= 0.3 is 0 Å². The van der Waals surface area contributed by atoms with Gasteiger partial charge in [0.25, 0.3) is 0 Å². The fraction of sp³-hybridized carbons (Fsp3) is 0.0448. The first kappa shape index (κ1) is 40.9. The zero-order valence-corrected chi connectivity index (χ0v) is 39.3. The molecule has 0 unspecified atom stereocenters. The van der Waals surface area contributed by atoms with Crippen LogP contribution < -0.4 is 4.90 Å². The fourth-order valence-corrected chi connectivity index (χ4v) is 12.0. The lowest BCUT2D eigenvalue weighted by Gasteiger charge is -2.26. The summed E-state index contributed by atoms with van der Waals surface area (Å²) in [6.07, 6.45) is 0. The van der Waals surface area contributed by atoms with Crippen molar-refractivity contribution >= 4 is 59.3 Å². The van der Waals surface area contributed by atoms with E-state index in [2.05, 4.69) is 267 Å². The van der Waals surface area contributed by atoms with Gasteiger partial charge in [0.05, 0.1) is 0 Å². The normalized spacial score (nSPS) is 12.6. The molecule has 2 heteroatoms. The van der Waals surface area contributed by atoms with Crippen LogP contribution in [0.1, 0.15) is 25.0 Å². The molecule has 0 spiro atoms. The van der Waals surface area contributed by atoms with Gasteiger partial charge in [-0.05, 0) is 155 Å². The van der Waals surface area contributed by atoms with Gasteiger partial charge in [-0.15, -0.1) is 11.3 Å². The average molecular weight is 898 g/mol. The lowest BCUT2D eigenvalue weighted by atomic mass is 9.81. The van der Waals surface area contributed by atoms with Gasteiger partial charge in [-0.25, -0.2) is 0 Å². The minimum absolute atomic E-state index is 0.0497. The second-order valence-corrected chi connectivity index (χ2v) is 20.0. The van der Waals surface area contributed by atoms with Crippen LogP contribution in [-0.4, -0.2) is 0 Å². The Kier molecular flexibility index (Phi) is 9.78. The van der Waals surface area contributed by atoms with Crippen molar-refractivity contribution in [2.45, 2.75) is 19.3 Å². The summed E-state index contributed by atoms with van der Waals surface area (Å²) in [5, 5.41) is 5.16. The molecular weight excluding hydrogens is 851 g/mol. The summed E-state index contributed by atoms with van der Waals surface area (Å²) in [7, 11) is 0. The SMILES string of the molecule is CC1(C)c2ccccc2-c2ccc(-c3ccc(N(c4ccc(-c5ccc(-c6cccc(-c7ccc8ccccc8c7)c6)cc5)cc4)c4ccc(-c5cccc6sc7ccccc7c56)cc4)cc3)cc21. The Labute approximate surface area is 407 Å². The van der Waals surface area contributed by atoms with Gasteiger partial charge in [-0.1, -0.05) is 196 Å². The number of nitrogens with zero attached hydrogens (tertiary/aromatic N) is 1. The largest absolute Gasteiger partial charge is 0.311 e. The summed E-state index contributed by atoms with van der Waals surface area (Å²) in [5.74, 6) is 0. The zero-order valence-electron chi connectivity index (χ0n) is 38.5. The van der Waals surface area contributed by atoms with Gasteiger partial charge in [0.2, 0.25) is 0 Å². The molecule has 326 valence electrons. The summed E-state index contributed by atoms with van der Waals surface area (Å²) in [6.45, 7) is 4.70. The van der Waals surface area contributed by atoms with Crippen molar-refractivity contribution in [1.82, 2.24) is 0 Å². The molecule has 1 aliphatic carbocycles. The summed E-state index contributed by atoms with van der Waals surface area (Å²) < 4.78 is 2.64. The molecule has 1 aliphatic rings. The van der Waals surface area contributed by atoms with Crippen molar-refractivity contribution in [3.63, 3.8) is 0 Å². The van der Waals surface area contributed by atoms with Crippen LogP contribution in [0, 0.1) is 0 Å². The average Bonchev–Trinajstić information content (AvgIpc) is 3.91. The molecule has 1 heterocycles. The zero-order chi connectivity index (χ0) is 46.1. The van der Waals surface area contributed by atoms with Crippen molar-refractivity contribution in [1.29, 1.82) is 0 Å². The molecule has 69 heavy (non-hydrogen) atoms. The quantitative estimate of drug-likeness (QED) is 0.147. The first-order valence-corrected chi connectivity index (χ1v) is 24.7. The monoisotopic (exact) mass is 897 g/mol. The van der Waals surface area contributed by atoms with Crippen LogP contribution in [0.5, 0.6) is 0 Å². The Balaban J connectivity index is 0.827. The van der Waals surface area contributed by atoms with Crippen molar-refractivity contribution in [2.24, 2.45) is 0 Å². The number of benzene rings is 11. The third-order valence-electron chi connectivity index (χ3n) is 14.5. The Morgan fingerprint density at radius 1 is 0.304 bits per heavy atom. The van der Waals surface area contributed by atoms with Gasteiger partial charge in [-0.3, -0.25) is 0 Å². The van der Waals surface area contributed by atoms with Crippen molar-refractivity contribution < 1.29 is 0 Å². The lowest BCUT2D eigenvalue weighted by Crippen LogP contribution is -2.14. The van der Waals surface area contributed by atoms with E-state index in [0.29, 0.717) is 0 Å². The number of anilines is 3. The molecule has 1 aromatic heterocycles. The van der Waals surface area contributed by atoms with Crippen molar-refractivity contribution in [3.05, 3.63) is 260 Å². The molecular formula is C67H47NS. The van der Waals surface area contributed by atoms with Gasteiger partial charge in [-0.2, -0.15) is 0 Å². The van der Waals surface area contributed by atoms with E-state index in [-0.39, 0.29) is 5.41 Å². The van der Waals surface area contributed by atoms with E-state index >= 15 is 0 Å². The first-order chi connectivity index (χ1) is 33.9. The highest BCUT2D eigenvalue weighted by molar-refractivity contribution is 7.25. The maximum absolute atomic E-state index is 2.41. The Bertz CT molecular complexity index is 3890. The standard InChI is InChI=1S/C67H47NS/c1-67(2)62-18-7-5-15-59(62)60-40-33-54(43-63(60)67)48-29-36-56(37-30-48)68(57-38-31-49(32-39-57)58-17-10-20-65-66(58)61-16-6-8-19-64(61)69-65)55-34-27-46(28-35-55)45-21-23-47(24-22-45)51-13-9-14-52(41-51)53-26-25-44-11-3-4-12-50(44)42-53/h3-43H,1-2H3. The number of hydrogen-bond donors (Lipinski definition) is 0. The van der Waals surface area contributed by atoms with Crippen LogP contribution >= 0.6 is 11.3 Å².